The van der Waals surface area contributed by atoms with Crippen LogP contribution < -0.4 is 9.47 Å². The molecule has 0 aliphatic carbocycles. The van der Waals surface area contributed by atoms with Crippen molar-refractivity contribution in [2.24, 2.45) is 0 Å². The molecule has 1 heterocycles. The van der Waals surface area contributed by atoms with Gasteiger partial charge in [-0.1, -0.05) is 0 Å². The van der Waals surface area contributed by atoms with Crippen LogP contribution in [0.1, 0.15) is 0 Å². The topological polar surface area (TPSA) is 31.4 Å². The van der Waals surface area contributed by atoms with Crippen molar-refractivity contribution in [3.63, 3.8) is 0 Å². The molecule has 0 saturated heterocycles. The quantitative estimate of drug-likeness (QED) is 0.614. The predicted octanol–water partition coefficient (Wildman–Crippen LogP) is 1.10. The van der Waals surface area contributed by atoms with Crippen molar-refractivity contribution >= 4 is 0 Å². The van der Waals surface area contributed by atoms with Crippen molar-refractivity contribution in [1.29, 1.82) is 0 Å². The fourth-order valence-corrected chi connectivity index (χ4v) is 0.689. The lowest BCUT2D eigenvalue weighted by molar-refractivity contribution is 0.353. The Bertz CT molecular complexity index is 190. The van der Waals surface area contributed by atoms with E-state index in [0.717, 1.165) is 0 Å². The van der Waals surface area contributed by atoms with Gasteiger partial charge in [-0.05, 0) is 0 Å². The lowest BCUT2D eigenvalue weighted by atomic mass is 10.4. The summed E-state index contributed by atoms with van der Waals surface area (Å²) in [7, 11) is 3.18. The maximum atomic E-state index is 4.97. The minimum atomic E-state index is 0.657. The molecule has 1 rings (SSSR count). The molecular weight excluding hydrogens is 130 g/mol. The molecule has 0 amide bonds. The zero-order chi connectivity index (χ0) is 7.40. The van der Waals surface area contributed by atoms with Crippen LogP contribution in [0.4, 0.5) is 0 Å². The third-order valence-electron chi connectivity index (χ3n) is 1.19. The standard InChI is InChI=1S/C7H9NO2/c1-9-6-3-4-8-5-7(6)10-2/h3-5H,1-2H3. The van der Waals surface area contributed by atoms with Crippen molar-refractivity contribution in [1.82, 2.24) is 4.98 Å². The van der Waals surface area contributed by atoms with Crippen LogP contribution in [0.15, 0.2) is 18.5 Å². The van der Waals surface area contributed by atoms with E-state index < -0.39 is 0 Å². The number of rotatable bonds is 2. The van der Waals surface area contributed by atoms with Crippen molar-refractivity contribution in [3.05, 3.63) is 18.5 Å². The van der Waals surface area contributed by atoms with Gasteiger partial charge in [0.2, 0.25) is 0 Å². The van der Waals surface area contributed by atoms with E-state index in [2.05, 4.69) is 4.98 Å². The normalized spacial score (nSPS) is 9.00. The summed E-state index contributed by atoms with van der Waals surface area (Å²) < 4.78 is 9.92. The van der Waals surface area contributed by atoms with Gasteiger partial charge in [0.25, 0.3) is 0 Å². The predicted molar refractivity (Wildman–Crippen MR) is 37.3 cm³/mol. The molecule has 0 aromatic carbocycles. The van der Waals surface area contributed by atoms with Gasteiger partial charge in [0.1, 0.15) is 0 Å². The van der Waals surface area contributed by atoms with Crippen LogP contribution in [0.5, 0.6) is 11.5 Å². The minimum absolute atomic E-state index is 0.657. The number of pyridine rings is 1. The van der Waals surface area contributed by atoms with Crippen molar-refractivity contribution in [3.8, 4) is 11.5 Å². The Labute approximate surface area is 59.6 Å². The van der Waals surface area contributed by atoms with Crippen LogP contribution in [0, 0.1) is 0 Å². The Balaban J connectivity index is 2.96. The van der Waals surface area contributed by atoms with Crippen molar-refractivity contribution in [2.45, 2.75) is 0 Å². The highest BCUT2D eigenvalue weighted by Gasteiger charge is 1.98. The Morgan fingerprint density at radius 3 is 2.40 bits per heavy atom. The average Bonchev–Trinajstić information content (AvgIpc) is 2.04. The summed E-state index contributed by atoms with van der Waals surface area (Å²) in [5.74, 6) is 1.36. The van der Waals surface area contributed by atoms with Crippen LogP contribution in [0.3, 0.4) is 0 Å². The number of aromatic nitrogens is 1. The molecule has 0 aliphatic rings. The van der Waals surface area contributed by atoms with Crippen LogP contribution in [0.25, 0.3) is 0 Å². The van der Waals surface area contributed by atoms with Crippen molar-refractivity contribution < 1.29 is 9.47 Å². The summed E-state index contributed by atoms with van der Waals surface area (Å²) in [6.45, 7) is 0. The number of methoxy groups -OCH3 is 2. The Kier molecular flexibility index (Phi) is 2.10. The number of hydrogen-bond donors (Lipinski definition) is 0. The molecule has 0 bridgehead atoms. The van der Waals surface area contributed by atoms with Gasteiger partial charge in [-0.3, -0.25) is 4.98 Å². The number of hydrogen-bond acceptors (Lipinski definition) is 3. The number of ether oxygens (including phenoxy) is 2. The van der Waals surface area contributed by atoms with E-state index in [1.54, 1.807) is 32.7 Å². The Morgan fingerprint density at radius 1 is 1.20 bits per heavy atom. The second-order valence-corrected chi connectivity index (χ2v) is 1.73. The molecular formula is C7H9NO2. The first kappa shape index (κ1) is 6.86. The lowest BCUT2D eigenvalue weighted by Gasteiger charge is -2.03. The highest BCUT2D eigenvalue weighted by atomic mass is 16.5. The molecule has 10 heavy (non-hydrogen) atoms. The van der Waals surface area contributed by atoms with Crippen LogP contribution in [-0.4, -0.2) is 19.2 Å². The Hall–Kier alpha value is -1.25. The first-order valence-corrected chi connectivity index (χ1v) is 2.90. The van der Waals surface area contributed by atoms with Crippen molar-refractivity contribution in [2.75, 3.05) is 14.2 Å². The molecule has 0 N–H and O–H groups in total. The largest absolute Gasteiger partial charge is 0.493 e. The molecule has 0 radical (unpaired) electrons. The van der Waals surface area contributed by atoms with E-state index in [-0.39, 0.29) is 0 Å². The molecule has 1 aromatic rings. The SMILES string of the molecule is COc1ccncc1OC. The summed E-state index contributed by atoms with van der Waals surface area (Å²) in [6, 6.07) is 1.75. The van der Waals surface area contributed by atoms with Gasteiger partial charge >= 0.3 is 0 Å². The minimum Gasteiger partial charge on any atom is -0.493 e. The molecule has 1 aromatic heterocycles. The highest BCUT2D eigenvalue weighted by Crippen LogP contribution is 2.23. The fourth-order valence-electron chi connectivity index (χ4n) is 0.689. The summed E-state index contributed by atoms with van der Waals surface area (Å²) in [5, 5.41) is 0. The molecule has 0 aliphatic heterocycles. The zero-order valence-electron chi connectivity index (χ0n) is 6.00. The average molecular weight is 139 g/mol. The summed E-state index contributed by atoms with van der Waals surface area (Å²) >= 11 is 0. The van der Waals surface area contributed by atoms with Crippen LogP contribution in [-0.2, 0) is 0 Å². The molecule has 54 valence electrons. The maximum absolute atomic E-state index is 4.97. The second kappa shape index (κ2) is 3.06. The van der Waals surface area contributed by atoms with Gasteiger partial charge in [-0.25, -0.2) is 0 Å². The molecule has 3 heteroatoms. The molecule has 0 atom stereocenters. The van der Waals surface area contributed by atoms with Gasteiger partial charge in [0, 0.05) is 12.3 Å². The third kappa shape index (κ3) is 1.18. The summed E-state index contributed by atoms with van der Waals surface area (Å²) in [6.07, 6.45) is 3.26. The summed E-state index contributed by atoms with van der Waals surface area (Å²) in [5.41, 5.74) is 0. The third-order valence-corrected chi connectivity index (χ3v) is 1.19. The van der Waals surface area contributed by atoms with Gasteiger partial charge in [-0.15, -0.1) is 0 Å². The maximum Gasteiger partial charge on any atom is 0.179 e. The molecule has 0 fully saturated rings. The van der Waals surface area contributed by atoms with Gasteiger partial charge in [-0.2, -0.15) is 0 Å². The number of nitrogens with zero attached hydrogens (tertiary/aromatic N) is 1. The smallest absolute Gasteiger partial charge is 0.179 e. The van der Waals surface area contributed by atoms with E-state index in [0.29, 0.717) is 11.5 Å². The highest BCUT2D eigenvalue weighted by molar-refractivity contribution is 5.35. The van der Waals surface area contributed by atoms with Crippen LogP contribution in [0.2, 0.25) is 0 Å². The molecule has 0 spiro atoms. The van der Waals surface area contributed by atoms with E-state index >= 15 is 0 Å². The first-order valence-electron chi connectivity index (χ1n) is 2.90. The zero-order valence-corrected chi connectivity index (χ0v) is 6.00. The van der Waals surface area contributed by atoms with Gasteiger partial charge in [0.15, 0.2) is 11.5 Å². The lowest BCUT2D eigenvalue weighted by Crippen LogP contribution is -1.89. The van der Waals surface area contributed by atoms with Gasteiger partial charge in [0.05, 0.1) is 20.4 Å². The molecule has 0 saturated carbocycles. The van der Waals surface area contributed by atoms with Gasteiger partial charge < -0.3 is 9.47 Å². The summed E-state index contributed by atoms with van der Waals surface area (Å²) in [4.78, 5) is 3.86. The second-order valence-electron chi connectivity index (χ2n) is 1.73. The van der Waals surface area contributed by atoms with E-state index in [1.807, 2.05) is 0 Å². The van der Waals surface area contributed by atoms with Crippen LogP contribution >= 0.6 is 0 Å². The fraction of sp³-hybridized carbons (Fsp3) is 0.286. The first-order chi connectivity index (χ1) is 4.88. The molecule has 3 nitrogen and oxygen atoms in total. The molecule has 0 unspecified atom stereocenters. The van der Waals surface area contributed by atoms with E-state index in [1.165, 1.54) is 0 Å². The van der Waals surface area contributed by atoms with E-state index in [9.17, 15) is 0 Å². The Morgan fingerprint density at radius 2 is 1.90 bits per heavy atom. The van der Waals surface area contributed by atoms with E-state index in [4.69, 9.17) is 9.47 Å². The monoisotopic (exact) mass is 139 g/mol.